The van der Waals surface area contributed by atoms with Crippen LogP contribution in [0.5, 0.6) is 5.75 Å². The molecule has 29 heavy (non-hydrogen) atoms. The number of aryl methyl sites for hydroxylation is 1. The molecule has 2 N–H and O–H groups in total. The van der Waals surface area contributed by atoms with Crippen LogP contribution >= 0.6 is 11.6 Å². The Hall–Kier alpha value is -3.31. The molecule has 0 fully saturated rings. The molecule has 146 valence electrons. The van der Waals surface area contributed by atoms with Crippen LogP contribution in [-0.4, -0.2) is 22.5 Å². The molecular weight excluding hydrogens is 386 g/mol. The van der Waals surface area contributed by atoms with Gasteiger partial charge in [-0.3, -0.25) is 4.79 Å². The average molecular weight is 406 g/mol. The van der Waals surface area contributed by atoms with E-state index < -0.39 is 0 Å². The second-order valence-electron chi connectivity index (χ2n) is 6.69. The van der Waals surface area contributed by atoms with E-state index in [9.17, 15) is 4.79 Å². The molecule has 6 heteroatoms. The van der Waals surface area contributed by atoms with Gasteiger partial charge in [-0.05, 0) is 80.1 Å². The number of hydrogen-bond donors (Lipinski definition) is 2. The molecule has 0 saturated heterocycles. The van der Waals surface area contributed by atoms with Crippen LogP contribution in [-0.2, 0) is 0 Å². The number of aromatic nitrogens is 2. The van der Waals surface area contributed by atoms with Crippen LogP contribution in [0.3, 0.4) is 0 Å². The number of amides is 1. The lowest BCUT2D eigenvalue weighted by Gasteiger charge is -2.07. The summed E-state index contributed by atoms with van der Waals surface area (Å²) >= 11 is 6.19. The highest BCUT2D eigenvalue weighted by Gasteiger charge is 2.09. The minimum Gasteiger partial charge on any atom is -0.494 e. The fourth-order valence-corrected chi connectivity index (χ4v) is 3.22. The third-order valence-electron chi connectivity index (χ3n) is 4.61. The normalized spacial score (nSPS) is 10.9. The number of benzene rings is 3. The molecule has 1 heterocycles. The molecule has 0 radical (unpaired) electrons. The van der Waals surface area contributed by atoms with Gasteiger partial charge in [0, 0.05) is 21.8 Å². The molecule has 0 spiro atoms. The average Bonchev–Trinajstić information content (AvgIpc) is 3.12. The summed E-state index contributed by atoms with van der Waals surface area (Å²) in [5, 5.41) is 3.60. The van der Waals surface area contributed by atoms with Gasteiger partial charge < -0.3 is 15.0 Å². The van der Waals surface area contributed by atoms with Gasteiger partial charge in [0.05, 0.1) is 17.6 Å². The Labute approximate surface area is 173 Å². The summed E-state index contributed by atoms with van der Waals surface area (Å²) in [6.45, 7) is 4.48. The zero-order valence-corrected chi connectivity index (χ0v) is 16.9. The molecule has 1 aromatic heterocycles. The van der Waals surface area contributed by atoms with Crippen molar-refractivity contribution in [2.45, 2.75) is 13.8 Å². The number of aromatic amines is 1. The number of nitrogens with one attached hydrogen (secondary N) is 2. The zero-order valence-electron chi connectivity index (χ0n) is 16.1. The number of rotatable bonds is 5. The summed E-state index contributed by atoms with van der Waals surface area (Å²) in [7, 11) is 0. The van der Waals surface area contributed by atoms with Crippen molar-refractivity contribution in [1.29, 1.82) is 0 Å². The van der Waals surface area contributed by atoms with Crippen LogP contribution in [0.4, 0.5) is 5.69 Å². The molecule has 4 rings (SSSR count). The molecule has 4 aromatic rings. The third-order valence-corrected chi connectivity index (χ3v) is 5.01. The van der Waals surface area contributed by atoms with Crippen molar-refractivity contribution in [2.75, 3.05) is 11.9 Å². The predicted octanol–water partition coefficient (Wildman–Crippen LogP) is 5.84. The molecule has 0 aliphatic carbocycles. The van der Waals surface area contributed by atoms with Gasteiger partial charge in [0.15, 0.2) is 0 Å². The fraction of sp³-hybridized carbons (Fsp3) is 0.130. The van der Waals surface area contributed by atoms with Crippen molar-refractivity contribution < 1.29 is 9.53 Å². The van der Waals surface area contributed by atoms with Crippen molar-refractivity contribution >= 4 is 34.2 Å². The smallest absolute Gasteiger partial charge is 0.255 e. The Bertz CT molecular complexity index is 1130. The largest absolute Gasteiger partial charge is 0.494 e. The van der Waals surface area contributed by atoms with E-state index in [1.54, 1.807) is 24.3 Å². The van der Waals surface area contributed by atoms with Gasteiger partial charge in [0.1, 0.15) is 11.6 Å². The van der Waals surface area contributed by atoms with Gasteiger partial charge in [-0.2, -0.15) is 0 Å². The first-order chi connectivity index (χ1) is 14.0. The van der Waals surface area contributed by atoms with E-state index in [1.165, 1.54) is 0 Å². The van der Waals surface area contributed by atoms with Gasteiger partial charge in [0.25, 0.3) is 5.91 Å². The number of imidazole rings is 1. The first-order valence-corrected chi connectivity index (χ1v) is 9.72. The number of H-pyrrole nitrogens is 1. The Morgan fingerprint density at radius 1 is 1.10 bits per heavy atom. The Kier molecular flexibility index (Phi) is 5.23. The highest BCUT2D eigenvalue weighted by molar-refractivity contribution is 6.32. The van der Waals surface area contributed by atoms with E-state index >= 15 is 0 Å². The van der Waals surface area contributed by atoms with Crippen molar-refractivity contribution in [3.8, 4) is 17.1 Å². The number of ether oxygens (including phenoxy) is 1. The van der Waals surface area contributed by atoms with Gasteiger partial charge >= 0.3 is 0 Å². The molecule has 3 aromatic carbocycles. The Balaban J connectivity index is 1.49. The first kappa shape index (κ1) is 19.0. The molecule has 5 nitrogen and oxygen atoms in total. The minimum atomic E-state index is -0.172. The molecule has 0 bridgehead atoms. The van der Waals surface area contributed by atoms with Crippen LogP contribution in [0, 0.1) is 6.92 Å². The maximum absolute atomic E-state index is 12.4. The summed E-state index contributed by atoms with van der Waals surface area (Å²) in [4.78, 5) is 20.4. The van der Waals surface area contributed by atoms with E-state index in [0.29, 0.717) is 22.9 Å². The number of hydrogen-bond acceptors (Lipinski definition) is 3. The van der Waals surface area contributed by atoms with Crippen LogP contribution in [0.1, 0.15) is 22.8 Å². The Morgan fingerprint density at radius 3 is 2.52 bits per heavy atom. The summed E-state index contributed by atoms with van der Waals surface area (Å²) in [6, 6.07) is 18.5. The summed E-state index contributed by atoms with van der Waals surface area (Å²) < 4.78 is 5.40. The number of anilines is 1. The van der Waals surface area contributed by atoms with Crippen LogP contribution < -0.4 is 10.1 Å². The fourth-order valence-electron chi connectivity index (χ4n) is 3.06. The SMILES string of the molecule is CCOc1ccc(C(=O)Nc2ccc(-c3nc4cc(Cl)c(C)cc4[nH]3)cc2)cc1. The first-order valence-electron chi connectivity index (χ1n) is 9.34. The quantitative estimate of drug-likeness (QED) is 0.438. The highest BCUT2D eigenvalue weighted by atomic mass is 35.5. The van der Waals surface area contributed by atoms with Gasteiger partial charge in [-0.15, -0.1) is 0 Å². The van der Waals surface area contributed by atoms with Crippen molar-refractivity contribution in [3.63, 3.8) is 0 Å². The number of nitrogens with zero attached hydrogens (tertiary/aromatic N) is 1. The lowest BCUT2D eigenvalue weighted by atomic mass is 10.1. The van der Waals surface area contributed by atoms with Gasteiger partial charge in [-0.25, -0.2) is 4.98 Å². The van der Waals surface area contributed by atoms with E-state index in [-0.39, 0.29) is 5.91 Å². The maximum atomic E-state index is 12.4. The van der Waals surface area contributed by atoms with Crippen LogP contribution in [0.25, 0.3) is 22.4 Å². The second kappa shape index (κ2) is 7.97. The van der Waals surface area contributed by atoms with E-state index in [0.717, 1.165) is 33.7 Å². The number of fused-ring (bicyclic) bond motifs is 1. The van der Waals surface area contributed by atoms with E-state index in [4.69, 9.17) is 16.3 Å². The maximum Gasteiger partial charge on any atom is 0.255 e. The predicted molar refractivity (Wildman–Crippen MR) is 117 cm³/mol. The van der Waals surface area contributed by atoms with Crippen LogP contribution in [0.2, 0.25) is 5.02 Å². The molecule has 1 amide bonds. The van der Waals surface area contributed by atoms with Gasteiger partial charge in [-0.1, -0.05) is 11.6 Å². The summed E-state index contributed by atoms with van der Waals surface area (Å²) in [6.07, 6.45) is 0. The lowest BCUT2D eigenvalue weighted by molar-refractivity contribution is 0.102. The minimum absolute atomic E-state index is 0.172. The number of halogens is 1. The van der Waals surface area contributed by atoms with Crippen LogP contribution in [0.15, 0.2) is 60.7 Å². The molecule has 0 saturated carbocycles. The Morgan fingerprint density at radius 2 is 1.83 bits per heavy atom. The standard InChI is InChI=1S/C23H20ClN3O2/c1-3-29-18-10-6-16(7-11-18)23(28)25-17-8-4-15(5-9-17)22-26-20-12-14(2)19(24)13-21(20)27-22/h4-13H,3H2,1-2H3,(H,25,28)(H,26,27). The summed E-state index contributed by atoms with van der Waals surface area (Å²) in [5.41, 5.74) is 4.97. The van der Waals surface area contributed by atoms with E-state index in [2.05, 4.69) is 15.3 Å². The molecule has 0 aliphatic rings. The molecule has 0 aliphatic heterocycles. The van der Waals surface area contributed by atoms with Crippen molar-refractivity contribution in [3.05, 3.63) is 76.8 Å². The van der Waals surface area contributed by atoms with E-state index in [1.807, 2.05) is 50.2 Å². The lowest BCUT2D eigenvalue weighted by Crippen LogP contribution is -2.11. The van der Waals surface area contributed by atoms with Gasteiger partial charge in [0.2, 0.25) is 0 Å². The summed E-state index contributed by atoms with van der Waals surface area (Å²) in [5.74, 6) is 1.33. The molecule has 0 atom stereocenters. The highest BCUT2D eigenvalue weighted by Crippen LogP contribution is 2.26. The monoisotopic (exact) mass is 405 g/mol. The second-order valence-corrected chi connectivity index (χ2v) is 7.10. The number of carbonyl (C=O) groups is 1. The molecular formula is C23H20ClN3O2. The zero-order chi connectivity index (χ0) is 20.4. The number of carbonyl (C=O) groups excluding carboxylic acids is 1. The third kappa shape index (κ3) is 4.10. The molecule has 0 unspecified atom stereocenters. The van der Waals surface area contributed by atoms with Crippen molar-refractivity contribution in [1.82, 2.24) is 9.97 Å². The topological polar surface area (TPSA) is 67.0 Å². The van der Waals surface area contributed by atoms with Crippen molar-refractivity contribution in [2.24, 2.45) is 0 Å².